The first-order chi connectivity index (χ1) is 20.6. The molecule has 1 saturated heterocycles. The van der Waals surface area contributed by atoms with E-state index in [9.17, 15) is 36.6 Å². The van der Waals surface area contributed by atoms with Crippen LogP contribution >= 0.6 is 0 Å². The number of phenols is 1. The van der Waals surface area contributed by atoms with Crippen molar-refractivity contribution in [3.8, 4) is 5.75 Å². The summed E-state index contributed by atoms with van der Waals surface area (Å²) >= 11 is 0. The molecule has 0 bridgehead atoms. The number of aromatic hydroxyl groups is 1. The van der Waals surface area contributed by atoms with Crippen LogP contribution in [0.2, 0.25) is 0 Å². The van der Waals surface area contributed by atoms with Gasteiger partial charge in [-0.2, -0.15) is 22.0 Å². The average Bonchev–Trinajstić information content (AvgIpc) is 3.24. The fourth-order valence-corrected chi connectivity index (χ4v) is 6.20. The van der Waals surface area contributed by atoms with Gasteiger partial charge in [0.15, 0.2) is 0 Å². The van der Waals surface area contributed by atoms with Gasteiger partial charge in [-0.05, 0) is 104 Å². The second-order valence-electron chi connectivity index (χ2n) is 11.6. The van der Waals surface area contributed by atoms with Crippen LogP contribution in [0.3, 0.4) is 0 Å². The van der Waals surface area contributed by atoms with Crippen LogP contribution in [-0.2, 0) is 28.2 Å². The summed E-state index contributed by atoms with van der Waals surface area (Å²) in [6.45, 7) is 6.57. The number of ether oxygens (including phenoxy) is 1. The molecule has 4 rings (SSSR count). The van der Waals surface area contributed by atoms with Gasteiger partial charge >= 0.3 is 18.2 Å². The molecule has 2 fully saturated rings. The zero-order chi connectivity index (χ0) is 32.4. The molecule has 2 N–H and O–H groups in total. The molecule has 1 aliphatic heterocycles. The summed E-state index contributed by atoms with van der Waals surface area (Å²) in [7, 11) is 0. The lowest BCUT2D eigenvalue weighted by molar-refractivity contribution is -0.139. The Hall–Kier alpha value is -3.89. The molecule has 2 aromatic rings. The Morgan fingerprint density at radius 2 is 1.73 bits per heavy atom. The molecule has 2 unspecified atom stereocenters. The summed E-state index contributed by atoms with van der Waals surface area (Å²) in [5.74, 6) is -4.17. The number of alkyl halides is 5. The summed E-state index contributed by atoms with van der Waals surface area (Å²) in [6, 6.07) is 5.88. The van der Waals surface area contributed by atoms with Crippen molar-refractivity contribution in [3.63, 3.8) is 0 Å². The second kappa shape index (κ2) is 13.0. The van der Waals surface area contributed by atoms with E-state index in [-0.39, 0.29) is 42.2 Å². The van der Waals surface area contributed by atoms with Crippen LogP contribution in [0.5, 0.6) is 5.75 Å². The molecule has 0 aromatic heterocycles. The highest BCUT2D eigenvalue weighted by atomic mass is 19.4. The lowest BCUT2D eigenvalue weighted by Gasteiger charge is -2.29. The fourth-order valence-electron chi connectivity index (χ4n) is 6.20. The molecule has 2 atom stereocenters. The minimum Gasteiger partial charge on any atom is -0.508 e. The molecular weight excluding hydrogens is 585 g/mol. The summed E-state index contributed by atoms with van der Waals surface area (Å²) in [4.78, 5) is 25.4. The van der Waals surface area contributed by atoms with Crippen molar-refractivity contribution in [2.75, 3.05) is 0 Å². The van der Waals surface area contributed by atoms with E-state index in [1.165, 1.54) is 17.0 Å². The van der Waals surface area contributed by atoms with E-state index in [2.05, 4.69) is 6.58 Å². The van der Waals surface area contributed by atoms with E-state index in [1.54, 1.807) is 13.0 Å². The van der Waals surface area contributed by atoms with Gasteiger partial charge in [-0.25, -0.2) is 4.79 Å². The molecule has 6 nitrogen and oxygen atoms in total. The molecule has 238 valence electrons. The summed E-state index contributed by atoms with van der Waals surface area (Å²) in [5, 5.41) is 19.4. The van der Waals surface area contributed by atoms with Crippen LogP contribution in [0.15, 0.2) is 54.6 Å². The van der Waals surface area contributed by atoms with Crippen LogP contribution < -0.4 is 0 Å². The van der Waals surface area contributed by atoms with E-state index in [0.29, 0.717) is 17.7 Å². The van der Waals surface area contributed by atoms with Crippen molar-refractivity contribution in [2.45, 2.75) is 83.2 Å². The number of carbonyl (C=O) groups is 2. The maximum atomic E-state index is 14.4. The highest BCUT2D eigenvalue weighted by Crippen LogP contribution is 2.42. The summed E-state index contributed by atoms with van der Waals surface area (Å²) in [6.07, 6.45) is -0.508. The Bertz CT molecular complexity index is 1430. The zero-order valence-corrected chi connectivity index (χ0v) is 24.5. The number of hydrogen-bond donors (Lipinski definition) is 2. The first-order valence-corrected chi connectivity index (χ1v) is 14.6. The van der Waals surface area contributed by atoms with Crippen LogP contribution in [0.4, 0.5) is 26.7 Å². The Labute approximate surface area is 252 Å². The average molecular weight is 622 g/mol. The number of rotatable bonds is 10. The number of phenolic OH excluding ortho intramolecular Hbond substituents is 1. The predicted octanol–water partition coefficient (Wildman–Crippen LogP) is 8.85. The van der Waals surface area contributed by atoms with E-state index < -0.39 is 47.4 Å². The molecule has 0 radical (unpaired) electrons. The number of benzene rings is 2. The molecule has 1 saturated carbocycles. The molecule has 0 spiro atoms. The van der Waals surface area contributed by atoms with E-state index in [0.717, 1.165) is 49.3 Å². The number of cyclic esters (lactones) is 1. The van der Waals surface area contributed by atoms with Crippen molar-refractivity contribution in [2.24, 2.45) is 11.8 Å². The van der Waals surface area contributed by atoms with E-state index >= 15 is 0 Å². The first-order valence-electron chi connectivity index (χ1n) is 14.6. The SMILES string of the molecule is C=CC(F)(F)c1cc(C2OC(=O)N(Cc3cc(O)ccc3C=C(CC)C3CCC(CC(=O)O)CC3)C2C)cc(C(F)(F)F)c1. The number of carboxylic acids is 1. The third-order valence-electron chi connectivity index (χ3n) is 8.70. The van der Waals surface area contributed by atoms with E-state index in [1.807, 2.05) is 13.0 Å². The summed E-state index contributed by atoms with van der Waals surface area (Å²) < 4.78 is 75.2. The Morgan fingerprint density at radius 1 is 1.07 bits per heavy atom. The Morgan fingerprint density at radius 3 is 2.32 bits per heavy atom. The Kier molecular flexibility index (Phi) is 9.75. The quantitative estimate of drug-likeness (QED) is 0.205. The molecule has 2 aromatic carbocycles. The van der Waals surface area contributed by atoms with Crippen molar-refractivity contribution in [3.05, 3.63) is 82.4 Å². The standard InChI is InChI=1S/C33H36F5NO5/c1-4-21(22-8-6-20(7-9-22)12-29(41)42)13-23-10-11-28(40)16-25(23)18-39-19(3)30(44-31(39)43)24-14-26(32(34,35)5-2)17-27(15-24)33(36,37)38/h5,10-11,13-17,19-20,22,30,40H,2,4,6-9,12,18H2,1,3H3,(H,41,42). The number of hydrogen-bond acceptors (Lipinski definition) is 4. The van der Waals surface area contributed by atoms with Crippen LogP contribution in [0.25, 0.3) is 6.08 Å². The maximum absolute atomic E-state index is 14.4. The third kappa shape index (κ3) is 7.42. The zero-order valence-electron chi connectivity index (χ0n) is 24.5. The predicted molar refractivity (Wildman–Crippen MR) is 154 cm³/mol. The van der Waals surface area contributed by atoms with Crippen LogP contribution in [0.1, 0.15) is 86.3 Å². The smallest absolute Gasteiger partial charge is 0.416 e. The normalized spacial score (nSPS) is 23.0. The first kappa shape index (κ1) is 33.0. The van der Waals surface area contributed by atoms with Crippen molar-refractivity contribution < 1.29 is 46.5 Å². The van der Waals surface area contributed by atoms with Gasteiger partial charge in [0, 0.05) is 12.0 Å². The number of aliphatic carboxylic acids is 1. The number of nitrogens with zero attached hydrogens (tertiary/aromatic N) is 1. The highest BCUT2D eigenvalue weighted by Gasteiger charge is 2.43. The second-order valence-corrected chi connectivity index (χ2v) is 11.6. The molecule has 2 aliphatic rings. The number of carboxylic acid groups (broad SMARTS) is 1. The topological polar surface area (TPSA) is 87.1 Å². The molecule has 1 amide bonds. The van der Waals surface area contributed by atoms with Crippen molar-refractivity contribution >= 4 is 18.1 Å². The van der Waals surface area contributed by atoms with Crippen molar-refractivity contribution in [1.82, 2.24) is 4.90 Å². The van der Waals surface area contributed by atoms with Gasteiger partial charge in [0.2, 0.25) is 0 Å². The third-order valence-corrected chi connectivity index (χ3v) is 8.70. The minimum absolute atomic E-state index is 0.0460. The number of halogens is 5. The van der Waals surface area contributed by atoms with E-state index in [4.69, 9.17) is 9.84 Å². The summed E-state index contributed by atoms with van der Waals surface area (Å²) in [5.41, 5.74) is 0.0367. The number of amides is 1. The minimum atomic E-state index is -4.91. The molecule has 1 heterocycles. The van der Waals surface area contributed by atoms with Crippen LogP contribution in [0, 0.1) is 11.8 Å². The number of carbonyl (C=O) groups excluding carboxylic acids is 1. The van der Waals surface area contributed by atoms with Gasteiger partial charge in [-0.1, -0.05) is 31.2 Å². The van der Waals surface area contributed by atoms with Crippen LogP contribution in [-0.4, -0.2) is 33.2 Å². The maximum Gasteiger partial charge on any atom is 0.416 e. The van der Waals surface area contributed by atoms with Gasteiger partial charge in [0.1, 0.15) is 11.9 Å². The van der Waals surface area contributed by atoms with Gasteiger partial charge in [0.05, 0.1) is 18.2 Å². The molecule has 1 aliphatic carbocycles. The van der Waals surface area contributed by atoms with Gasteiger partial charge in [-0.3, -0.25) is 9.69 Å². The molecule has 11 heteroatoms. The highest BCUT2D eigenvalue weighted by molar-refractivity contribution is 5.72. The van der Waals surface area contributed by atoms with Gasteiger partial charge in [-0.15, -0.1) is 0 Å². The molecular formula is C33H36F5NO5. The Balaban J connectivity index is 1.61. The molecule has 44 heavy (non-hydrogen) atoms. The fraction of sp³-hybridized carbons (Fsp3) is 0.455. The monoisotopic (exact) mass is 621 g/mol. The van der Waals surface area contributed by atoms with Gasteiger partial charge < -0.3 is 14.9 Å². The largest absolute Gasteiger partial charge is 0.508 e. The van der Waals surface area contributed by atoms with Gasteiger partial charge in [0.25, 0.3) is 5.92 Å². The lowest BCUT2D eigenvalue weighted by Crippen LogP contribution is -2.31. The lowest BCUT2D eigenvalue weighted by atomic mass is 9.76. The van der Waals surface area contributed by atoms with Crippen molar-refractivity contribution in [1.29, 1.82) is 0 Å². The number of allylic oxidation sites excluding steroid dienone is 2.